The number of methoxy groups -OCH3 is 2. The summed E-state index contributed by atoms with van der Waals surface area (Å²) in [5, 5.41) is 17.6. The van der Waals surface area contributed by atoms with Crippen LogP contribution < -0.4 is 5.73 Å². The predicted molar refractivity (Wildman–Crippen MR) is 61.1 cm³/mol. The van der Waals surface area contributed by atoms with Crippen LogP contribution >= 0.6 is 0 Å². The quantitative estimate of drug-likeness (QED) is 0.612. The van der Waals surface area contributed by atoms with E-state index in [9.17, 15) is 9.90 Å². The van der Waals surface area contributed by atoms with Gasteiger partial charge in [-0.05, 0) is 0 Å². The van der Waals surface area contributed by atoms with Gasteiger partial charge in [-0.2, -0.15) is 0 Å². The van der Waals surface area contributed by atoms with Gasteiger partial charge in [0.1, 0.15) is 18.2 Å². The molecule has 2 heterocycles. The Balaban J connectivity index is 2.12. The van der Waals surface area contributed by atoms with Gasteiger partial charge in [0.05, 0.1) is 12.8 Å². The third kappa shape index (κ3) is 2.59. The van der Waals surface area contributed by atoms with Crippen LogP contribution in [0.25, 0.3) is 0 Å². The highest BCUT2D eigenvalue weighted by atomic mass is 16.7. The van der Waals surface area contributed by atoms with E-state index in [4.69, 9.17) is 19.9 Å². The minimum atomic E-state index is -0.896. The maximum absolute atomic E-state index is 10.9. The van der Waals surface area contributed by atoms with E-state index < -0.39 is 30.4 Å². The fraction of sp³-hybridized carbons (Fsp3) is 0.700. The zero-order valence-electron chi connectivity index (χ0n) is 10.6. The summed E-state index contributed by atoms with van der Waals surface area (Å²) < 4.78 is 16.9. The molecule has 0 spiro atoms. The topological polar surface area (TPSA) is 122 Å². The van der Waals surface area contributed by atoms with Crippen molar-refractivity contribution in [3.05, 3.63) is 11.9 Å². The van der Waals surface area contributed by atoms with Crippen LogP contribution in [-0.2, 0) is 14.2 Å². The molecule has 1 fully saturated rings. The molecular formula is C10H16N4O5. The van der Waals surface area contributed by atoms with Crippen molar-refractivity contribution in [1.29, 1.82) is 0 Å². The number of nitrogens with two attached hydrogens (primary N) is 1. The van der Waals surface area contributed by atoms with Gasteiger partial charge >= 0.3 is 0 Å². The molecule has 1 aromatic rings. The number of carbonyl (C=O) groups excluding carboxylic acids is 1. The fourth-order valence-electron chi connectivity index (χ4n) is 2.01. The van der Waals surface area contributed by atoms with Crippen molar-refractivity contribution in [2.75, 3.05) is 20.8 Å². The lowest BCUT2D eigenvalue weighted by atomic mass is 10.1. The molecule has 9 nitrogen and oxygen atoms in total. The van der Waals surface area contributed by atoms with Gasteiger partial charge in [-0.25, -0.2) is 4.68 Å². The SMILES string of the molecule is COC(OC)[C@@H]1OC[C@H](n2cc(C(N)=O)nn2)[C@H]1O. The molecule has 0 radical (unpaired) electrons. The molecule has 0 unspecified atom stereocenters. The average Bonchev–Trinajstić information content (AvgIpc) is 2.99. The van der Waals surface area contributed by atoms with Crippen LogP contribution in [0.4, 0.5) is 0 Å². The third-order valence-electron chi connectivity index (χ3n) is 3.03. The number of aliphatic hydroxyl groups is 1. The van der Waals surface area contributed by atoms with Gasteiger partial charge in [-0.1, -0.05) is 5.21 Å². The smallest absolute Gasteiger partial charge is 0.270 e. The molecule has 2 rings (SSSR count). The highest BCUT2D eigenvalue weighted by molar-refractivity contribution is 5.90. The third-order valence-corrected chi connectivity index (χ3v) is 3.03. The lowest BCUT2D eigenvalue weighted by Gasteiger charge is -2.23. The molecule has 1 aliphatic heterocycles. The number of aromatic nitrogens is 3. The number of hydrogen-bond acceptors (Lipinski definition) is 7. The molecule has 19 heavy (non-hydrogen) atoms. The number of primary amides is 1. The lowest BCUT2D eigenvalue weighted by molar-refractivity contribution is -0.185. The number of rotatable bonds is 5. The Morgan fingerprint density at radius 2 is 2.32 bits per heavy atom. The Labute approximate surface area is 109 Å². The molecule has 1 saturated heterocycles. The monoisotopic (exact) mass is 272 g/mol. The van der Waals surface area contributed by atoms with Crippen molar-refractivity contribution in [2.24, 2.45) is 5.73 Å². The summed E-state index contributed by atoms with van der Waals surface area (Å²) in [5.41, 5.74) is 5.12. The van der Waals surface area contributed by atoms with Gasteiger partial charge in [-0.3, -0.25) is 4.79 Å². The van der Waals surface area contributed by atoms with Gasteiger partial charge in [0.25, 0.3) is 5.91 Å². The van der Waals surface area contributed by atoms with Crippen LogP contribution in [0.5, 0.6) is 0 Å². The molecule has 3 atom stereocenters. The van der Waals surface area contributed by atoms with E-state index in [1.165, 1.54) is 25.1 Å². The molecule has 9 heteroatoms. The van der Waals surface area contributed by atoms with Crippen LogP contribution in [0.3, 0.4) is 0 Å². The molecule has 0 bridgehead atoms. The maximum atomic E-state index is 10.9. The predicted octanol–water partition coefficient (Wildman–Crippen LogP) is -1.70. The summed E-state index contributed by atoms with van der Waals surface area (Å²) >= 11 is 0. The first-order valence-corrected chi connectivity index (χ1v) is 5.65. The summed E-state index contributed by atoms with van der Waals surface area (Å²) in [7, 11) is 2.91. The zero-order chi connectivity index (χ0) is 14.0. The molecule has 106 valence electrons. The summed E-state index contributed by atoms with van der Waals surface area (Å²) in [6.45, 7) is 0.205. The Bertz CT molecular complexity index is 447. The number of nitrogens with zero attached hydrogens (tertiary/aromatic N) is 3. The molecule has 3 N–H and O–H groups in total. The largest absolute Gasteiger partial charge is 0.388 e. The van der Waals surface area contributed by atoms with E-state index in [0.717, 1.165) is 0 Å². The Hall–Kier alpha value is -1.55. The van der Waals surface area contributed by atoms with Crippen molar-refractivity contribution in [1.82, 2.24) is 15.0 Å². The van der Waals surface area contributed by atoms with Gasteiger partial charge in [0.2, 0.25) is 0 Å². The molecule has 1 aliphatic rings. The van der Waals surface area contributed by atoms with Crippen LogP contribution in [-0.4, -0.2) is 65.3 Å². The van der Waals surface area contributed by atoms with Gasteiger partial charge in [0, 0.05) is 14.2 Å². The van der Waals surface area contributed by atoms with Crippen molar-refractivity contribution in [3.8, 4) is 0 Å². The zero-order valence-corrected chi connectivity index (χ0v) is 10.6. The first kappa shape index (κ1) is 13.9. The minimum absolute atomic E-state index is 0.0330. The molecule has 0 saturated carbocycles. The standard InChI is InChI=1S/C10H16N4O5/c1-17-10(18-2)8-7(15)6(4-19-8)14-3-5(9(11)16)12-13-14/h3,6-8,10,15H,4H2,1-2H3,(H2,11,16)/t6-,7+,8+/m0/s1. The molecule has 1 amide bonds. The number of ether oxygens (including phenoxy) is 3. The summed E-state index contributed by atoms with van der Waals surface area (Å²) in [6.07, 6.45) is -0.844. The number of hydrogen-bond donors (Lipinski definition) is 2. The van der Waals surface area contributed by atoms with Gasteiger partial charge < -0.3 is 25.1 Å². The maximum Gasteiger partial charge on any atom is 0.270 e. The van der Waals surface area contributed by atoms with Crippen LogP contribution in [0.15, 0.2) is 6.20 Å². The number of carbonyl (C=O) groups is 1. The van der Waals surface area contributed by atoms with Crippen LogP contribution in [0, 0.1) is 0 Å². The van der Waals surface area contributed by atoms with Crippen molar-refractivity contribution in [3.63, 3.8) is 0 Å². The number of amides is 1. The van der Waals surface area contributed by atoms with E-state index in [-0.39, 0.29) is 12.3 Å². The normalized spacial score (nSPS) is 27.1. The second-order valence-electron chi connectivity index (χ2n) is 4.14. The van der Waals surface area contributed by atoms with E-state index in [0.29, 0.717) is 0 Å². The second-order valence-corrected chi connectivity index (χ2v) is 4.14. The average molecular weight is 272 g/mol. The van der Waals surface area contributed by atoms with Crippen molar-refractivity contribution < 1.29 is 24.1 Å². The molecule has 1 aromatic heterocycles. The highest BCUT2D eigenvalue weighted by Gasteiger charge is 2.42. The van der Waals surface area contributed by atoms with E-state index in [1.54, 1.807) is 0 Å². The van der Waals surface area contributed by atoms with Crippen molar-refractivity contribution >= 4 is 5.91 Å². The van der Waals surface area contributed by atoms with Crippen molar-refractivity contribution in [2.45, 2.75) is 24.5 Å². The molecule has 0 aliphatic carbocycles. The van der Waals surface area contributed by atoms with E-state index in [2.05, 4.69) is 10.3 Å². The summed E-state index contributed by atoms with van der Waals surface area (Å²) in [6, 6.07) is -0.474. The Morgan fingerprint density at radius 3 is 2.84 bits per heavy atom. The molecule has 0 aromatic carbocycles. The number of aliphatic hydroxyl groups excluding tert-OH is 1. The minimum Gasteiger partial charge on any atom is -0.388 e. The van der Waals surface area contributed by atoms with E-state index in [1.807, 2.05) is 0 Å². The van der Waals surface area contributed by atoms with Gasteiger partial charge in [0.15, 0.2) is 12.0 Å². The Kier molecular flexibility index (Phi) is 4.10. The molecular weight excluding hydrogens is 256 g/mol. The van der Waals surface area contributed by atoms with Gasteiger partial charge in [-0.15, -0.1) is 5.10 Å². The fourth-order valence-corrected chi connectivity index (χ4v) is 2.01. The summed E-state index contributed by atoms with van der Waals surface area (Å²) in [5.74, 6) is -0.678. The first-order chi connectivity index (χ1) is 9.08. The lowest BCUT2D eigenvalue weighted by Crippen LogP contribution is -2.39. The Morgan fingerprint density at radius 1 is 1.63 bits per heavy atom. The highest BCUT2D eigenvalue weighted by Crippen LogP contribution is 2.27. The van der Waals surface area contributed by atoms with Crippen LogP contribution in [0.2, 0.25) is 0 Å². The van der Waals surface area contributed by atoms with Crippen LogP contribution in [0.1, 0.15) is 16.5 Å². The second kappa shape index (κ2) is 5.61. The first-order valence-electron chi connectivity index (χ1n) is 5.65. The summed E-state index contributed by atoms with van der Waals surface area (Å²) in [4.78, 5) is 10.9. The van der Waals surface area contributed by atoms with E-state index >= 15 is 0 Å².